The van der Waals surface area contributed by atoms with Gasteiger partial charge in [-0.2, -0.15) is 11.8 Å². The zero-order chi connectivity index (χ0) is 16.6. The fourth-order valence-electron chi connectivity index (χ4n) is 2.86. The van der Waals surface area contributed by atoms with Gasteiger partial charge in [0.15, 0.2) is 0 Å². The van der Waals surface area contributed by atoms with Crippen LogP contribution in [0, 0.1) is 5.82 Å². The summed E-state index contributed by atoms with van der Waals surface area (Å²) in [5.74, 6) is 0.106. The van der Waals surface area contributed by atoms with Crippen LogP contribution in [0.2, 0.25) is 0 Å². The molecule has 1 aliphatic heterocycles. The van der Waals surface area contributed by atoms with Crippen LogP contribution in [0.1, 0.15) is 17.3 Å². The molecule has 1 N–H and O–H groups in total. The Morgan fingerprint density at radius 3 is 2.58 bits per heavy atom. The molecule has 1 fully saturated rings. The predicted octanol–water partition coefficient (Wildman–Crippen LogP) is 1.76. The van der Waals surface area contributed by atoms with Crippen LogP contribution in [0.25, 0.3) is 10.9 Å². The Morgan fingerprint density at radius 2 is 2.00 bits per heavy atom. The van der Waals surface area contributed by atoms with Crippen LogP contribution in [0.15, 0.2) is 23.1 Å². The molecule has 1 saturated heterocycles. The van der Waals surface area contributed by atoms with Gasteiger partial charge in [0.05, 0.1) is 11.2 Å². The van der Waals surface area contributed by atoms with Gasteiger partial charge in [-0.1, -0.05) is 0 Å². The third kappa shape index (κ3) is 3.73. The molecule has 2 aromatic rings. The van der Waals surface area contributed by atoms with Crippen molar-refractivity contribution in [2.24, 2.45) is 0 Å². The number of hydrogen-bond acceptors (Lipinski definition) is 4. The molecule has 0 amide bonds. The summed E-state index contributed by atoms with van der Waals surface area (Å²) in [5, 5.41) is 9.27. The zero-order valence-corrected chi connectivity index (χ0v) is 13.5. The fraction of sp³-hybridized carbons (Fsp3) is 0.375. The molecule has 1 aromatic carbocycles. The Morgan fingerprint density at radius 1 is 1.33 bits per heavy atom. The van der Waals surface area contributed by atoms with Crippen LogP contribution in [0.3, 0.4) is 0 Å². The van der Waals surface area contributed by atoms with E-state index in [1.807, 2.05) is 23.6 Å². The van der Waals surface area contributed by atoms with Crippen molar-refractivity contribution in [2.75, 3.05) is 29.5 Å². The van der Waals surface area contributed by atoms with E-state index in [9.17, 15) is 14.0 Å². The van der Waals surface area contributed by atoms with Crippen molar-refractivity contribution in [3.05, 3.63) is 39.9 Å². The number of aromatic carboxylic acids is 1. The summed E-state index contributed by atoms with van der Waals surface area (Å²) in [7, 11) is 0. The summed E-state index contributed by atoms with van der Waals surface area (Å²) in [6.45, 7) is 3.88. The Bertz CT molecular complexity index is 834. The van der Waals surface area contributed by atoms with Gasteiger partial charge in [-0.3, -0.25) is 4.79 Å². The predicted molar refractivity (Wildman–Crippen MR) is 97.5 cm³/mol. The summed E-state index contributed by atoms with van der Waals surface area (Å²) in [5.41, 5.74) is 0.0670. The maximum atomic E-state index is 14.5. The maximum absolute atomic E-state index is 14.5. The van der Waals surface area contributed by atoms with E-state index in [1.165, 1.54) is 12.3 Å². The number of carboxylic acids is 1. The Hall–Kier alpha value is -0.384. The average Bonchev–Trinajstić information content (AvgIpc) is 2.55. The summed E-state index contributed by atoms with van der Waals surface area (Å²) in [4.78, 5) is 25.5. The molecule has 0 bridgehead atoms. The van der Waals surface area contributed by atoms with Gasteiger partial charge in [-0.25, -0.2) is 9.18 Å². The first-order valence-corrected chi connectivity index (χ1v) is 8.61. The molecule has 124 valence electrons. The minimum absolute atomic E-state index is 0. The van der Waals surface area contributed by atoms with Crippen molar-refractivity contribution < 1.29 is 14.3 Å². The average molecular weight is 376 g/mol. The third-order valence-corrected chi connectivity index (χ3v) is 5.01. The second-order valence-corrected chi connectivity index (χ2v) is 6.61. The van der Waals surface area contributed by atoms with Crippen molar-refractivity contribution in [1.82, 2.24) is 4.57 Å². The van der Waals surface area contributed by atoms with Crippen LogP contribution in [-0.4, -0.2) is 91.6 Å². The molecule has 3 rings (SSSR count). The van der Waals surface area contributed by atoms with Crippen molar-refractivity contribution >= 4 is 85.7 Å². The molecule has 0 spiro atoms. The Labute approximate surface area is 185 Å². The van der Waals surface area contributed by atoms with Gasteiger partial charge in [0.25, 0.3) is 0 Å². The van der Waals surface area contributed by atoms with Gasteiger partial charge in [0.2, 0.25) is 5.43 Å². The first kappa shape index (κ1) is 19.9. The Balaban J connectivity index is 0.00000208. The van der Waals surface area contributed by atoms with E-state index in [-0.39, 0.29) is 62.3 Å². The number of halogens is 1. The van der Waals surface area contributed by atoms with Gasteiger partial charge >= 0.3 is 57.4 Å². The van der Waals surface area contributed by atoms with Crippen molar-refractivity contribution in [3.8, 4) is 0 Å². The Kier molecular flexibility index (Phi) is 6.92. The van der Waals surface area contributed by atoms with E-state index in [2.05, 4.69) is 0 Å². The van der Waals surface area contributed by atoms with Crippen LogP contribution in [0.4, 0.5) is 10.1 Å². The second kappa shape index (κ2) is 8.33. The molecule has 0 saturated carbocycles. The van der Waals surface area contributed by atoms with Crippen LogP contribution < -0.4 is 10.3 Å². The summed E-state index contributed by atoms with van der Waals surface area (Å²) >= 11 is 1.83. The van der Waals surface area contributed by atoms with E-state index in [0.29, 0.717) is 17.7 Å². The number of thioether (sulfide) groups is 1. The van der Waals surface area contributed by atoms with Crippen molar-refractivity contribution in [2.45, 2.75) is 13.5 Å². The molecule has 5 nitrogen and oxygen atoms in total. The molecule has 2 heterocycles. The standard InChI is InChI=1S/C16H17FN2O3S.K.H/c1-2-18-9-11(16(21)22)15(20)10-7-12(17)14(8-13(10)18)19-3-5-23-6-4-19;;/h7-9H,2-6H2,1H3,(H,21,22);;. The van der Waals surface area contributed by atoms with E-state index < -0.39 is 17.2 Å². The second-order valence-electron chi connectivity index (χ2n) is 5.38. The number of benzene rings is 1. The molecular weight excluding hydrogens is 358 g/mol. The number of hydrogen-bond donors (Lipinski definition) is 1. The number of anilines is 1. The molecule has 1 aliphatic rings. The number of carbonyl (C=O) groups is 1. The topological polar surface area (TPSA) is 62.5 Å². The normalized spacial score (nSPS) is 14.5. The fourth-order valence-corrected chi connectivity index (χ4v) is 3.76. The molecule has 0 aliphatic carbocycles. The molecule has 0 unspecified atom stereocenters. The molecule has 0 radical (unpaired) electrons. The first-order valence-electron chi connectivity index (χ1n) is 7.45. The monoisotopic (exact) mass is 376 g/mol. The van der Waals surface area contributed by atoms with Gasteiger partial charge in [0.1, 0.15) is 11.4 Å². The number of aromatic nitrogens is 1. The number of aryl methyl sites for hydroxylation is 1. The molecule has 8 heteroatoms. The molecule has 0 atom stereocenters. The van der Waals surface area contributed by atoms with Gasteiger partial charge in [0, 0.05) is 42.7 Å². The SMILES string of the molecule is CCn1cc(C(=O)O)c(=O)c2cc(F)c(N3CCSCC3)cc21.[KH]. The minimum atomic E-state index is -1.29. The summed E-state index contributed by atoms with van der Waals surface area (Å²) in [6, 6.07) is 2.84. The van der Waals surface area contributed by atoms with E-state index in [4.69, 9.17) is 5.11 Å². The van der Waals surface area contributed by atoms with E-state index in [1.54, 1.807) is 10.6 Å². The number of carboxylic acid groups (broad SMARTS) is 1. The summed E-state index contributed by atoms with van der Waals surface area (Å²) < 4.78 is 16.2. The molecule has 24 heavy (non-hydrogen) atoms. The van der Waals surface area contributed by atoms with E-state index >= 15 is 0 Å². The molecular formula is C16H18FKN2O3S. The van der Waals surface area contributed by atoms with Crippen molar-refractivity contribution in [1.29, 1.82) is 0 Å². The van der Waals surface area contributed by atoms with Gasteiger partial charge in [-0.05, 0) is 19.1 Å². The van der Waals surface area contributed by atoms with Crippen LogP contribution >= 0.6 is 11.8 Å². The van der Waals surface area contributed by atoms with Gasteiger partial charge in [-0.15, -0.1) is 0 Å². The third-order valence-electron chi connectivity index (χ3n) is 4.07. The van der Waals surface area contributed by atoms with Crippen molar-refractivity contribution in [3.63, 3.8) is 0 Å². The number of pyridine rings is 1. The first-order chi connectivity index (χ1) is 11.0. The quantitative estimate of drug-likeness (QED) is 0.827. The number of nitrogens with zero attached hydrogens (tertiary/aromatic N) is 2. The molecule has 1 aromatic heterocycles. The number of rotatable bonds is 3. The zero-order valence-electron chi connectivity index (χ0n) is 12.7. The van der Waals surface area contributed by atoms with E-state index in [0.717, 1.165) is 24.6 Å². The number of fused-ring (bicyclic) bond motifs is 1. The van der Waals surface area contributed by atoms with Gasteiger partial charge < -0.3 is 14.6 Å². The van der Waals surface area contributed by atoms with Crippen LogP contribution in [-0.2, 0) is 6.54 Å². The summed E-state index contributed by atoms with van der Waals surface area (Å²) in [6.07, 6.45) is 1.33. The van der Waals surface area contributed by atoms with Crippen LogP contribution in [0.5, 0.6) is 0 Å².